The van der Waals surface area contributed by atoms with Gasteiger partial charge in [0.15, 0.2) is 0 Å². The van der Waals surface area contributed by atoms with Gasteiger partial charge < -0.3 is 4.90 Å². The van der Waals surface area contributed by atoms with Crippen LogP contribution in [0.3, 0.4) is 0 Å². The molecule has 0 radical (unpaired) electrons. The molecule has 0 bridgehead atoms. The number of anilines is 1. The van der Waals surface area contributed by atoms with Crippen LogP contribution >= 0.6 is 11.3 Å². The van der Waals surface area contributed by atoms with E-state index in [-0.39, 0.29) is 0 Å². The van der Waals surface area contributed by atoms with Gasteiger partial charge in [0.2, 0.25) is 0 Å². The topological polar surface area (TPSA) is 73.8 Å². The predicted octanol–water partition coefficient (Wildman–Crippen LogP) is 1.13. The van der Waals surface area contributed by atoms with Gasteiger partial charge in [0.05, 0.1) is 16.8 Å². The Morgan fingerprint density at radius 1 is 1.10 bits per heavy atom. The maximum absolute atomic E-state index is 4.48. The first kappa shape index (κ1) is 12.7. The van der Waals surface area contributed by atoms with Crippen LogP contribution in [0.2, 0.25) is 0 Å². The average molecular weight is 301 g/mol. The lowest BCUT2D eigenvalue weighted by Crippen LogP contribution is -2.46. The van der Waals surface area contributed by atoms with Crippen LogP contribution in [-0.4, -0.2) is 56.2 Å². The van der Waals surface area contributed by atoms with E-state index in [0.717, 1.165) is 49.9 Å². The zero-order valence-corrected chi connectivity index (χ0v) is 12.3. The van der Waals surface area contributed by atoms with Crippen LogP contribution in [-0.2, 0) is 6.54 Å². The summed E-state index contributed by atoms with van der Waals surface area (Å²) in [6.45, 7) is 4.76. The fraction of sp³-hybridized carbons (Fsp3) is 0.385. The largest absolute Gasteiger partial charge is 0.353 e. The molecule has 4 rings (SSSR count). The Kier molecular flexibility index (Phi) is 3.24. The first-order valence-corrected chi connectivity index (χ1v) is 7.78. The van der Waals surface area contributed by atoms with E-state index >= 15 is 0 Å². The van der Waals surface area contributed by atoms with Crippen molar-refractivity contribution >= 4 is 27.4 Å². The molecule has 3 aromatic rings. The number of fused-ring (bicyclic) bond motifs is 1. The Hall–Kier alpha value is -2.06. The summed E-state index contributed by atoms with van der Waals surface area (Å²) in [4.78, 5) is 17.7. The lowest BCUT2D eigenvalue weighted by Gasteiger charge is -2.34. The summed E-state index contributed by atoms with van der Waals surface area (Å²) in [7, 11) is 0. The van der Waals surface area contributed by atoms with Crippen LogP contribution in [0.25, 0.3) is 10.2 Å². The third-order valence-corrected chi connectivity index (χ3v) is 4.63. The summed E-state index contributed by atoms with van der Waals surface area (Å²) in [5.41, 5.74) is 1.04. The molecule has 0 aromatic carbocycles. The van der Waals surface area contributed by atoms with Gasteiger partial charge in [-0.3, -0.25) is 10.00 Å². The number of piperazine rings is 1. The van der Waals surface area contributed by atoms with Gasteiger partial charge in [-0.2, -0.15) is 5.10 Å². The fourth-order valence-corrected chi connectivity index (χ4v) is 3.50. The molecule has 8 heteroatoms. The molecular formula is C13H15N7S. The highest BCUT2D eigenvalue weighted by Gasteiger charge is 2.20. The van der Waals surface area contributed by atoms with Crippen molar-refractivity contribution in [1.29, 1.82) is 0 Å². The summed E-state index contributed by atoms with van der Waals surface area (Å²) in [5.74, 6) is 1.99. The first-order valence-electron chi connectivity index (χ1n) is 6.90. The van der Waals surface area contributed by atoms with Gasteiger partial charge >= 0.3 is 0 Å². The Labute approximate surface area is 125 Å². The van der Waals surface area contributed by atoms with Crippen LogP contribution in [0.15, 0.2) is 24.1 Å². The summed E-state index contributed by atoms with van der Waals surface area (Å²) in [6.07, 6.45) is 3.21. The Bertz CT molecular complexity index is 715. The molecule has 108 valence electrons. The van der Waals surface area contributed by atoms with E-state index in [1.807, 2.05) is 6.07 Å². The smallest absolute Gasteiger partial charge is 0.150 e. The summed E-state index contributed by atoms with van der Waals surface area (Å²) >= 11 is 1.71. The minimum absolute atomic E-state index is 0.825. The van der Waals surface area contributed by atoms with E-state index in [2.05, 4.69) is 40.3 Å². The number of H-pyrrole nitrogens is 1. The monoisotopic (exact) mass is 301 g/mol. The van der Waals surface area contributed by atoms with Crippen LogP contribution in [0.5, 0.6) is 0 Å². The average Bonchev–Trinajstić information content (AvgIpc) is 3.18. The molecule has 1 fully saturated rings. The molecule has 1 aliphatic rings. The first-order chi connectivity index (χ1) is 10.4. The van der Waals surface area contributed by atoms with E-state index in [1.54, 1.807) is 24.0 Å². The van der Waals surface area contributed by atoms with Crippen molar-refractivity contribution in [3.63, 3.8) is 0 Å². The predicted molar refractivity (Wildman–Crippen MR) is 81.3 cm³/mol. The second-order valence-electron chi connectivity index (χ2n) is 5.03. The second-order valence-corrected chi connectivity index (χ2v) is 5.94. The van der Waals surface area contributed by atoms with E-state index in [9.17, 15) is 0 Å². The highest BCUT2D eigenvalue weighted by atomic mass is 32.1. The van der Waals surface area contributed by atoms with Crippen molar-refractivity contribution in [3.05, 3.63) is 29.9 Å². The Balaban J connectivity index is 1.46. The van der Waals surface area contributed by atoms with Gasteiger partial charge in [-0.1, -0.05) is 0 Å². The summed E-state index contributed by atoms with van der Waals surface area (Å²) in [5, 5.41) is 8.87. The Morgan fingerprint density at radius 2 is 2.00 bits per heavy atom. The van der Waals surface area contributed by atoms with Crippen LogP contribution < -0.4 is 4.90 Å². The molecule has 0 spiro atoms. The number of hydrogen-bond donors (Lipinski definition) is 1. The number of hydrogen-bond acceptors (Lipinski definition) is 7. The van der Waals surface area contributed by atoms with Crippen molar-refractivity contribution in [2.75, 3.05) is 31.1 Å². The second kappa shape index (κ2) is 5.38. The quantitative estimate of drug-likeness (QED) is 0.782. The molecule has 7 nitrogen and oxygen atoms in total. The van der Waals surface area contributed by atoms with E-state index in [0.29, 0.717) is 0 Å². The van der Waals surface area contributed by atoms with Gasteiger partial charge in [-0.15, -0.1) is 11.3 Å². The number of nitrogens with one attached hydrogen (secondary N) is 1. The van der Waals surface area contributed by atoms with Gasteiger partial charge in [-0.05, 0) is 11.4 Å². The van der Waals surface area contributed by atoms with Crippen molar-refractivity contribution in [1.82, 2.24) is 30.0 Å². The van der Waals surface area contributed by atoms with Crippen molar-refractivity contribution in [2.45, 2.75) is 6.54 Å². The van der Waals surface area contributed by atoms with Crippen molar-refractivity contribution < 1.29 is 0 Å². The molecule has 3 aromatic heterocycles. The van der Waals surface area contributed by atoms with Gasteiger partial charge in [0.1, 0.15) is 24.3 Å². The van der Waals surface area contributed by atoms with Crippen molar-refractivity contribution in [3.8, 4) is 0 Å². The SMILES string of the molecule is c1n[nH]c(CN2CCN(c3ncnc4ccsc34)CC2)n1. The minimum Gasteiger partial charge on any atom is -0.353 e. The van der Waals surface area contributed by atoms with Crippen LogP contribution in [0.4, 0.5) is 5.82 Å². The highest BCUT2D eigenvalue weighted by molar-refractivity contribution is 7.17. The van der Waals surface area contributed by atoms with E-state index < -0.39 is 0 Å². The van der Waals surface area contributed by atoms with Gasteiger partial charge in [0.25, 0.3) is 0 Å². The van der Waals surface area contributed by atoms with E-state index in [1.165, 1.54) is 4.70 Å². The standard InChI is InChI=1S/C13H15N7S/c1-6-21-12-10(1)14-8-16-13(12)20-4-2-19(3-5-20)7-11-15-9-17-18-11/h1,6,8-9H,2-5,7H2,(H,15,17,18). The third kappa shape index (κ3) is 2.47. The molecule has 4 heterocycles. The third-order valence-electron chi connectivity index (χ3n) is 3.73. The molecular weight excluding hydrogens is 286 g/mol. The number of nitrogens with zero attached hydrogens (tertiary/aromatic N) is 6. The normalized spacial score (nSPS) is 16.7. The van der Waals surface area contributed by atoms with E-state index in [4.69, 9.17) is 0 Å². The summed E-state index contributed by atoms with van der Waals surface area (Å²) < 4.78 is 1.18. The Morgan fingerprint density at radius 3 is 2.81 bits per heavy atom. The maximum Gasteiger partial charge on any atom is 0.150 e. The number of rotatable bonds is 3. The number of aromatic nitrogens is 5. The van der Waals surface area contributed by atoms with Gasteiger partial charge in [-0.25, -0.2) is 15.0 Å². The molecule has 1 aliphatic heterocycles. The van der Waals surface area contributed by atoms with Crippen molar-refractivity contribution in [2.24, 2.45) is 0 Å². The molecule has 1 N–H and O–H groups in total. The molecule has 0 unspecified atom stereocenters. The molecule has 0 saturated carbocycles. The number of aromatic amines is 1. The molecule has 0 atom stereocenters. The van der Waals surface area contributed by atoms with Gasteiger partial charge in [0, 0.05) is 26.2 Å². The lowest BCUT2D eigenvalue weighted by atomic mass is 10.3. The molecule has 0 aliphatic carbocycles. The lowest BCUT2D eigenvalue weighted by molar-refractivity contribution is 0.244. The fourth-order valence-electron chi connectivity index (χ4n) is 2.64. The number of thiophene rings is 1. The van der Waals surface area contributed by atoms with Crippen LogP contribution in [0.1, 0.15) is 5.82 Å². The zero-order chi connectivity index (χ0) is 14.1. The highest BCUT2D eigenvalue weighted by Crippen LogP contribution is 2.28. The molecule has 21 heavy (non-hydrogen) atoms. The molecule has 0 amide bonds. The van der Waals surface area contributed by atoms with Crippen LogP contribution in [0, 0.1) is 0 Å². The summed E-state index contributed by atoms with van der Waals surface area (Å²) in [6, 6.07) is 2.05. The molecule has 1 saturated heterocycles. The minimum atomic E-state index is 0.825. The zero-order valence-electron chi connectivity index (χ0n) is 11.4. The maximum atomic E-state index is 4.48.